The van der Waals surface area contributed by atoms with E-state index >= 15 is 0 Å². The molecule has 1 saturated heterocycles. The van der Waals surface area contributed by atoms with Crippen molar-refractivity contribution in [2.45, 2.75) is 24.9 Å². The molecule has 0 saturated carbocycles. The Bertz CT molecular complexity index is 924. The monoisotopic (exact) mass is 371 g/mol. The van der Waals surface area contributed by atoms with Crippen molar-refractivity contribution in [1.29, 1.82) is 0 Å². The first kappa shape index (κ1) is 15.6. The zero-order chi connectivity index (χ0) is 17.6. The number of hydrogen-bond acceptors (Lipinski definition) is 7. The first-order chi connectivity index (χ1) is 12.8. The highest BCUT2D eigenvalue weighted by molar-refractivity contribution is 7.10. The third-order valence-corrected chi connectivity index (χ3v) is 6.11. The van der Waals surface area contributed by atoms with Gasteiger partial charge in [0.15, 0.2) is 0 Å². The van der Waals surface area contributed by atoms with Gasteiger partial charge in [-0.25, -0.2) is 0 Å². The zero-order valence-corrected chi connectivity index (χ0v) is 14.8. The lowest BCUT2D eigenvalue weighted by molar-refractivity contribution is -0.0927. The SMILES string of the molecule is O=C(c1nc(-n2cnnc2)n[nH]1)N1CCC2(CC1)OCCc1sccc12. The van der Waals surface area contributed by atoms with Gasteiger partial charge in [-0.15, -0.1) is 26.6 Å². The van der Waals surface area contributed by atoms with E-state index in [1.54, 1.807) is 15.9 Å². The fourth-order valence-corrected chi connectivity index (χ4v) is 4.71. The summed E-state index contributed by atoms with van der Waals surface area (Å²) in [6.45, 7) is 2.03. The maximum Gasteiger partial charge on any atom is 0.291 e. The molecule has 0 bridgehead atoms. The van der Waals surface area contributed by atoms with E-state index in [2.05, 4.69) is 36.8 Å². The molecule has 5 heterocycles. The molecule has 10 heteroatoms. The number of carbonyl (C=O) groups excluding carboxylic acids is 1. The van der Waals surface area contributed by atoms with E-state index in [1.807, 2.05) is 4.90 Å². The molecule has 134 valence electrons. The topological polar surface area (TPSA) is 102 Å². The zero-order valence-electron chi connectivity index (χ0n) is 14.0. The van der Waals surface area contributed by atoms with Crippen LogP contribution in [0.1, 0.15) is 33.9 Å². The highest BCUT2D eigenvalue weighted by Gasteiger charge is 2.42. The van der Waals surface area contributed by atoms with Crippen LogP contribution in [-0.2, 0) is 16.8 Å². The Morgan fingerprint density at radius 3 is 2.88 bits per heavy atom. The number of thiophene rings is 1. The minimum absolute atomic E-state index is 0.145. The molecule has 3 aromatic heterocycles. The Kier molecular flexibility index (Phi) is 3.61. The number of ether oxygens (including phenoxy) is 1. The van der Waals surface area contributed by atoms with E-state index in [9.17, 15) is 4.79 Å². The van der Waals surface area contributed by atoms with Crippen LogP contribution in [0.4, 0.5) is 0 Å². The Balaban J connectivity index is 1.31. The van der Waals surface area contributed by atoms with Crippen LogP contribution in [0.3, 0.4) is 0 Å². The van der Waals surface area contributed by atoms with Crippen LogP contribution < -0.4 is 0 Å². The van der Waals surface area contributed by atoms with Crippen LogP contribution in [0.15, 0.2) is 24.1 Å². The van der Waals surface area contributed by atoms with Gasteiger partial charge in [0.25, 0.3) is 11.9 Å². The van der Waals surface area contributed by atoms with Crippen LogP contribution in [0.25, 0.3) is 5.95 Å². The summed E-state index contributed by atoms with van der Waals surface area (Å²) in [5.74, 6) is 0.434. The van der Waals surface area contributed by atoms with Gasteiger partial charge in [-0.3, -0.25) is 14.5 Å². The van der Waals surface area contributed by atoms with Crippen molar-refractivity contribution in [1.82, 2.24) is 34.8 Å². The molecule has 1 N–H and O–H groups in total. The lowest BCUT2D eigenvalue weighted by atomic mass is 9.82. The molecule has 0 radical (unpaired) electrons. The molecule has 0 aliphatic carbocycles. The molecule has 2 aliphatic heterocycles. The number of carbonyl (C=O) groups is 1. The van der Waals surface area contributed by atoms with Crippen LogP contribution in [0, 0.1) is 0 Å². The molecule has 3 aromatic rings. The minimum Gasteiger partial charge on any atom is -0.370 e. The van der Waals surface area contributed by atoms with Crippen molar-refractivity contribution in [3.05, 3.63) is 40.4 Å². The van der Waals surface area contributed by atoms with E-state index in [0.717, 1.165) is 25.9 Å². The molecule has 1 amide bonds. The van der Waals surface area contributed by atoms with Gasteiger partial charge in [-0.05, 0) is 29.9 Å². The van der Waals surface area contributed by atoms with Crippen molar-refractivity contribution in [2.24, 2.45) is 0 Å². The third-order valence-electron chi connectivity index (χ3n) is 5.13. The van der Waals surface area contributed by atoms with Gasteiger partial charge in [0.2, 0.25) is 5.82 Å². The Hall–Kier alpha value is -2.59. The van der Waals surface area contributed by atoms with E-state index in [-0.39, 0.29) is 17.3 Å². The third kappa shape index (κ3) is 2.44. The smallest absolute Gasteiger partial charge is 0.291 e. The summed E-state index contributed by atoms with van der Waals surface area (Å²) in [4.78, 5) is 20.2. The first-order valence-corrected chi connectivity index (χ1v) is 9.41. The number of amides is 1. The predicted molar refractivity (Wildman–Crippen MR) is 92.1 cm³/mol. The van der Waals surface area contributed by atoms with Gasteiger partial charge < -0.3 is 9.64 Å². The largest absolute Gasteiger partial charge is 0.370 e. The van der Waals surface area contributed by atoms with Crippen LogP contribution in [0.5, 0.6) is 0 Å². The standard InChI is InChI=1S/C16H17N7O2S/c24-14(13-19-15(21-20-13)23-9-17-18-10-23)22-5-3-16(4-6-22)11-2-8-26-12(11)1-7-25-16/h2,8-10H,1,3-7H2,(H,19,20,21). The number of nitrogens with one attached hydrogen (secondary N) is 1. The second kappa shape index (κ2) is 5.99. The normalized spacial score (nSPS) is 18.8. The number of aromatic nitrogens is 6. The summed E-state index contributed by atoms with van der Waals surface area (Å²) in [5.41, 5.74) is 1.08. The van der Waals surface area contributed by atoms with Crippen molar-refractivity contribution < 1.29 is 9.53 Å². The number of hydrogen-bond donors (Lipinski definition) is 1. The number of H-pyrrole nitrogens is 1. The number of rotatable bonds is 2. The van der Waals surface area contributed by atoms with Crippen LogP contribution >= 0.6 is 11.3 Å². The summed E-state index contributed by atoms with van der Waals surface area (Å²) in [6.07, 6.45) is 5.56. The average Bonchev–Trinajstić information content (AvgIpc) is 3.41. The van der Waals surface area contributed by atoms with Crippen molar-refractivity contribution in [3.8, 4) is 5.95 Å². The molecule has 9 nitrogen and oxygen atoms in total. The molecule has 2 aliphatic rings. The Morgan fingerprint density at radius 1 is 1.27 bits per heavy atom. The quantitative estimate of drug-likeness (QED) is 0.725. The summed E-state index contributed by atoms with van der Waals surface area (Å²) in [5, 5.41) is 16.3. The molecule has 1 spiro atoms. The Morgan fingerprint density at radius 2 is 2.08 bits per heavy atom. The van der Waals surface area contributed by atoms with Crippen LogP contribution in [0.2, 0.25) is 0 Å². The maximum absolute atomic E-state index is 12.8. The summed E-state index contributed by atoms with van der Waals surface area (Å²) in [7, 11) is 0. The summed E-state index contributed by atoms with van der Waals surface area (Å²) >= 11 is 1.80. The van der Waals surface area contributed by atoms with Gasteiger partial charge in [-0.2, -0.15) is 4.98 Å². The summed E-state index contributed by atoms with van der Waals surface area (Å²) < 4.78 is 7.74. The molecule has 1 fully saturated rings. The van der Waals surface area contributed by atoms with Gasteiger partial charge >= 0.3 is 0 Å². The molecule has 26 heavy (non-hydrogen) atoms. The highest BCUT2D eigenvalue weighted by atomic mass is 32.1. The molecular weight excluding hydrogens is 354 g/mol. The number of fused-ring (bicyclic) bond motifs is 2. The van der Waals surface area contributed by atoms with E-state index in [4.69, 9.17) is 4.74 Å². The van der Waals surface area contributed by atoms with Gasteiger partial charge in [0.05, 0.1) is 12.2 Å². The molecule has 0 aromatic carbocycles. The van der Waals surface area contributed by atoms with E-state index < -0.39 is 0 Å². The molecule has 5 rings (SSSR count). The lowest BCUT2D eigenvalue weighted by Gasteiger charge is -2.43. The van der Waals surface area contributed by atoms with Crippen LogP contribution in [-0.4, -0.2) is 60.4 Å². The molecule has 0 unspecified atom stereocenters. The summed E-state index contributed by atoms with van der Waals surface area (Å²) in [6, 6.07) is 2.18. The van der Waals surface area contributed by atoms with Gasteiger partial charge in [0, 0.05) is 24.4 Å². The average molecular weight is 371 g/mol. The fourth-order valence-electron chi connectivity index (χ4n) is 3.76. The Labute approximate surface area is 153 Å². The number of nitrogens with zero attached hydrogens (tertiary/aromatic N) is 6. The minimum atomic E-state index is -0.237. The first-order valence-electron chi connectivity index (χ1n) is 8.53. The number of likely N-dealkylation sites (tertiary alicyclic amines) is 1. The maximum atomic E-state index is 12.8. The van der Waals surface area contributed by atoms with Gasteiger partial charge in [-0.1, -0.05) is 0 Å². The van der Waals surface area contributed by atoms with Crippen molar-refractivity contribution >= 4 is 17.2 Å². The fraction of sp³-hybridized carbons (Fsp3) is 0.438. The van der Waals surface area contributed by atoms with Crippen molar-refractivity contribution in [2.75, 3.05) is 19.7 Å². The highest BCUT2D eigenvalue weighted by Crippen LogP contribution is 2.43. The lowest BCUT2D eigenvalue weighted by Crippen LogP contribution is -2.48. The van der Waals surface area contributed by atoms with Crippen molar-refractivity contribution in [3.63, 3.8) is 0 Å². The van der Waals surface area contributed by atoms with E-state index in [0.29, 0.717) is 19.0 Å². The number of aromatic amines is 1. The second-order valence-electron chi connectivity index (χ2n) is 6.50. The molecule has 0 atom stereocenters. The van der Waals surface area contributed by atoms with Gasteiger partial charge in [0.1, 0.15) is 12.7 Å². The predicted octanol–water partition coefficient (Wildman–Crippen LogP) is 1.15. The second-order valence-corrected chi connectivity index (χ2v) is 7.50. The number of piperidine rings is 1. The van der Waals surface area contributed by atoms with E-state index in [1.165, 1.54) is 23.1 Å². The molecular formula is C16H17N7O2S.